The van der Waals surface area contributed by atoms with Crippen molar-refractivity contribution in [1.29, 1.82) is 0 Å². The molecule has 21 heavy (non-hydrogen) atoms. The van der Waals surface area contributed by atoms with E-state index in [9.17, 15) is 4.79 Å². The molecule has 1 atom stereocenters. The van der Waals surface area contributed by atoms with E-state index in [0.29, 0.717) is 18.9 Å². The minimum Gasteiger partial charge on any atom is -0.344 e. The lowest BCUT2D eigenvalue weighted by Gasteiger charge is -2.19. The van der Waals surface area contributed by atoms with E-state index in [2.05, 4.69) is 49.5 Å². The number of thiophene rings is 1. The molecule has 1 unspecified atom stereocenters. The molecule has 1 amide bonds. The average Bonchev–Trinajstić information content (AvgIpc) is 2.99. The van der Waals surface area contributed by atoms with Gasteiger partial charge in [-0.15, -0.1) is 11.3 Å². The smallest absolute Gasteiger partial charge is 0.222 e. The summed E-state index contributed by atoms with van der Waals surface area (Å²) in [6.07, 6.45) is 0.353. The summed E-state index contributed by atoms with van der Waals surface area (Å²) in [7, 11) is 0. The molecule has 0 bridgehead atoms. The summed E-state index contributed by atoms with van der Waals surface area (Å²) in [6.45, 7) is 4.72. The van der Waals surface area contributed by atoms with Crippen molar-refractivity contribution in [3.05, 3.63) is 57.8 Å². The van der Waals surface area contributed by atoms with Gasteiger partial charge in [-0.05, 0) is 28.5 Å². The molecule has 4 heteroatoms. The van der Waals surface area contributed by atoms with E-state index >= 15 is 0 Å². The molecular weight excluding hydrogens is 280 g/mol. The lowest BCUT2D eigenvalue weighted by molar-refractivity contribution is -0.121. The number of nitrogens with one attached hydrogen (secondary N) is 1. The second-order valence-electron chi connectivity index (χ2n) is 5.38. The molecule has 1 heterocycles. The van der Waals surface area contributed by atoms with Gasteiger partial charge in [0.1, 0.15) is 0 Å². The fourth-order valence-corrected chi connectivity index (χ4v) is 3.01. The van der Waals surface area contributed by atoms with Gasteiger partial charge in [0.15, 0.2) is 0 Å². The summed E-state index contributed by atoms with van der Waals surface area (Å²) in [6, 6.07) is 12.4. The van der Waals surface area contributed by atoms with Gasteiger partial charge in [-0.25, -0.2) is 0 Å². The molecule has 0 aliphatic rings. The van der Waals surface area contributed by atoms with Crippen molar-refractivity contribution in [2.45, 2.75) is 32.2 Å². The fourth-order valence-electron chi connectivity index (χ4n) is 2.21. The summed E-state index contributed by atoms with van der Waals surface area (Å²) >= 11 is 1.65. The molecule has 1 aromatic heterocycles. The van der Waals surface area contributed by atoms with Crippen LogP contribution in [0.3, 0.4) is 0 Å². The lowest BCUT2D eigenvalue weighted by atomic mass is 9.98. The second kappa shape index (κ2) is 7.38. The Morgan fingerprint density at radius 3 is 2.38 bits per heavy atom. The first-order chi connectivity index (χ1) is 10.1. The summed E-state index contributed by atoms with van der Waals surface area (Å²) in [5, 5.41) is 5.10. The third-order valence-electron chi connectivity index (χ3n) is 3.44. The molecule has 0 spiro atoms. The van der Waals surface area contributed by atoms with E-state index in [1.54, 1.807) is 11.3 Å². The highest BCUT2D eigenvalue weighted by molar-refractivity contribution is 7.10. The van der Waals surface area contributed by atoms with Crippen LogP contribution < -0.4 is 11.1 Å². The molecule has 0 saturated carbocycles. The molecule has 0 radical (unpaired) electrons. The molecule has 2 aromatic rings. The van der Waals surface area contributed by atoms with Crippen LogP contribution in [-0.4, -0.2) is 12.5 Å². The van der Waals surface area contributed by atoms with Crippen molar-refractivity contribution < 1.29 is 4.79 Å². The van der Waals surface area contributed by atoms with Crippen LogP contribution >= 0.6 is 11.3 Å². The summed E-state index contributed by atoms with van der Waals surface area (Å²) in [4.78, 5) is 13.0. The molecule has 1 aromatic carbocycles. The normalized spacial score (nSPS) is 12.4. The Kier molecular flexibility index (Phi) is 5.53. The summed E-state index contributed by atoms with van der Waals surface area (Å²) in [5.41, 5.74) is 7.86. The van der Waals surface area contributed by atoms with Gasteiger partial charge in [0.05, 0.1) is 6.04 Å². The largest absolute Gasteiger partial charge is 0.344 e. The van der Waals surface area contributed by atoms with Crippen LogP contribution in [0.2, 0.25) is 0 Å². The topological polar surface area (TPSA) is 55.1 Å². The van der Waals surface area contributed by atoms with E-state index < -0.39 is 0 Å². The lowest BCUT2D eigenvalue weighted by Crippen LogP contribution is -2.30. The van der Waals surface area contributed by atoms with Crippen LogP contribution in [0.15, 0.2) is 41.8 Å². The Labute approximate surface area is 130 Å². The van der Waals surface area contributed by atoms with Gasteiger partial charge in [-0.2, -0.15) is 0 Å². The maximum Gasteiger partial charge on any atom is 0.222 e. The maximum atomic E-state index is 11.9. The zero-order valence-corrected chi connectivity index (χ0v) is 13.3. The standard InChI is InChI=1S/C17H22N2OS/c1-12(2)13-5-7-14(8-6-13)17(15-4-3-11-21-15)19-16(20)9-10-18/h3-8,11-12,17H,9-10,18H2,1-2H3,(H,19,20). The number of carbonyl (C=O) groups is 1. The minimum absolute atomic E-state index is 0.0103. The summed E-state index contributed by atoms with van der Waals surface area (Å²) < 4.78 is 0. The van der Waals surface area contributed by atoms with Crippen molar-refractivity contribution in [1.82, 2.24) is 5.32 Å². The van der Waals surface area contributed by atoms with Crippen molar-refractivity contribution in [2.75, 3.05) is 6.54 Å². The third kappa shape index (κ3) is 4.16. The van der Waals surface area contributed by atoms with E-state index in [4.69, 9.17) is 5.73 Å². The second-order valence-corrected chi connectivity index (χ2v) is 6.36. The Bertz CT molecular complexity index is 561. The number of hydrogen-bond donors (Lipinski definition) is 2. The van der Waals surface area contributed by atoms with Crippen molar-refractivity contribution in [3.63, 3.8) is 0 Å². The molecular formula is C17H22N2OS. The molecule has 0 saturated heterocycles. The predicted octanol–water partition coefficient (Wildman–Crippen LogP) is 3.43. The van der Waals surface area contributed by atoms with Gasteiger partial charge < -0.3 is 11.1 Å². The van der Waals surface area contributed by atoms with Crippen molar-refractivity contribution in [3.8, 4) is 0 Å². The van der Waals surface area contributed by atoms with Gasteiger partial charge in [-0.3, -0.25) is 4.79 Å². The zero-order valence-electron chi connectivity index (χ0n) is 12.5. The maximum absolute atomic E-state index is 11.9. The SMILES string of the molecule is CC(C)c1ccc(C(NC(=O)CCN)c2cccs2)cc1. The molecule has 3 nitrogen and oxygen atoms in total. The first-order valence-corrected chi connectivity index (χ1v) is 8.12. The van der Waals surface area contributed by atoms with Gasteiger partial charge >= 0.3 is 0 Å². The fraction of sp³-hybridized carbons (Fsp3) is 0.353. The number of benzene rings is 1. The van der Waals surface area contributed by atoms with Gasteiger partial charge in [0.2, 0.25) is 5.91 Å². The Morgan fingerprint density at radius 2 is 1.86 bits per heavy atom. The first-order valence-electron chi connectivity index (χ1n) is 7.24. The molecule has 0 aliphatic carbocycles. The highest BCUT2D eigenvalue weighted by atomic mass is 32.1. The monoisotopic (exact) mass is 302 g/mol. The average molecular weight is 302 g/mol. The van der Waals surface area contributed by atoms with Crippen molar-refractivity contribution in [2.24, 2.45) is 5.73 Å². The van der Waals surface area contributed by atoms with Gasteiger partial charge in [0.25, 0.3) is 0 Å². The van der Waals surface area contributed by atoms with Gasteiger partial charge in [0, 0.05) is 17.8 Å². The number of nitrogens with two attached hydrogens (primary N) is 1. The van der Waals surface area contributed by atoms with E-state index in [-0.39, 0.29) is 11.9 Å². The van der Waals surface area contributed by atoms with Crippen LogP contribution in [0.4, 0.5) is 0 Å². The highest BCUT2D eigenvalue weighted by Gasteiger charge is 2.17. The molecule has 112 valence electrons. The third-order valence-corrected chi connectivity index (χ3v) is 4.38. The van der Waals surface area contributed by atoms with E-state index in [0.717, 1.165) is 10.4 Å². The quantitative estimate of drug-likeness (QED) is 0.859. The summed E-state index contributed by atoms with van der Waals surface area (Å²) in [5.74, 6) is 0.495. The van der Waals surface area contributed by atoms with Crippen molar-refractivity contribution >= 4 is 17.2 Å². The molecule has 3 N–H and O–H groups in total. The molecule has 2 rings (SSSR count). The number of rotatable bonds is 6. The Balaban J connectivity index is 2.24. The van der Waals surface area contributed by atoms with Crippen LogP contribution in [0.1, 0.15) is 48.2 Å². The zero-order chi connectivity index (χ0) is 15.2. The van der Waals surface area contributed by atoms with E-state index in [1.807, 2.05) is 11.4 Å². The number of amides is 1. The number of carbonyl (C=O) groups excluding carboxylic acids is 1. The molecule has 0 aliphatic heterocycles. The van der Waals surface area contributed by atoms with E-state index in [1.165, 1.54) is 5.56 Å². The van der Waals surface area contributed by atoms with Crippen LogP contribution in [0.25, 0.3) is 0 Å². The molecule has 0 fully saturated rings. The van der Waals surface area contributed by atoms with Crippen LogP contribution in [0, 0.1) is 0 Å². The van der Waals surface area contributed by atoms with Crippen LogP contribution in [-0.2, 0) is 4.79 Å². The first kappa shape index (κ1) is 15.7. The Morgan fingerprint density at radius 1 is 1.19 bits per heavy atom. The number of hydrogen-bond acceptors (Lipinski definition) is 3. The van der Waals surface area contributed by atoms with Crippen LogP contribution in [0.5, 0.6) is 0 Å². The Hall–Kier alpha value is -1.65. The highest BCUT2D eigenvalue weighted by Crippen LogP contribution is 2.27. The van der Waals surface area contributed by atoms with Gasteiger partial charge in [-0.1, -0.05) is 44.2 Å². The minimum atomic E-state index is -0.0923. The predicted molar refractivity (Wildman–Crippen MR) is 88.5 cm³/mol.